The molecule has 0 saturated heterocycles. The third-order valence-corrected chi connectivity index (χ3v) is 7.90. The molecule has 5 heterocycles. The molecule has 1 atom stereocenters. The molecule has 0 saturated carbocycles. The summed E-state index contributed by atoms with van der Waals surface area (Å²) in [5.74, 6) is 0.970. The molecule has 0 bridgehead atoms. The second-order valence-electron chi connectivity index (χ2n) is 10.8. The van der Waals surface area contributed by atoms with Crippen molar-refractivity contribution in [2.24, 2.45) is 0 Å². The first kappa shape index (κ1) is 26.8. The van der Waals surface area contributed by atoms with Crippen molar-refractivity contribution in [2.45, 2.75) is 39.3 Å². The number of methoxy groups -OCH3 is 1. The highest BCUT2D eigenvalue weighted by atomic mass is 35.5. The molecule has 11 heteroatoms. The highest BCUT2D eigenvalue weighted by molar-refractivity contribution is 6.31. The van der Waals surface area contributed by atoms with E-state index in [9.17, 15) is 9.59 Å². The Labute approximate surface area is 242 Å². The number of amides is 2. The van der Waals surface area contributed by atoms with E-state index in [0.717, 1.165) is 5.56 Å². The average Bonchev–Trinajstić information content (AvgIpc) is 3.53. The number of anilines is 3. The lowest BCUT2D eigenvalue weighted by Crippen LogP contribution is -2.51. The summed E-state index contributed by atoms with van der Waals surface area (Å²) in [5.41, 5.74) is 2.99. The van der Waals surface area contributed by atoms with Crippen molar-refractivity contribution in [2.75, 3.05) is 36.3 Å². The monoisotopic (exact) mass is 571 g/mol. The van der Waals surface area contributed by atoms with Gasteiger partial charge in [-0.05, 0) is 45.4 Å². The highest BCUT2D eigenvalue weighted by Crippen LogP contribution is 2.55. The molecule has 0 fully saturated rings. The lowest BCUT2D eigenvalue weighted by Gasteiger charge is -2.36. The summed E-state index contributed by atoms with van der Waals surface area (Å²) in [6.07, 6.45) is 3.21. The van der Waals surface area contributed by atoms with Crippen molar-refractivity contribution in [1.82, 2.24) is 19.5 Å². The largest absolute Gasteiger partial charge is 0.496 e. The summed E-state index contributed by atoms with van der Waals surface area (Å²) in [7, 11) is 5.38. The zero-order valence-electron chi connectivity index (χ0n) is 23.9. The Bertz CT molecular complexity index is 1760. The number of ether oxygens (including phenoxy) is 1. The Morgan fingerprint density at radius 3 is 2.51 bits per heavy atom. The van der Waals surface area contributed by atoms with E-state index >= 15 is 0 Å². The molecule has 2 aliphatic heterocycles. The van der Waals surface area contributed by atoms with E-state index in [-0.39, 0.29) is 17.6 Å². The standard InChI is InChI=1S/C30H30ClN7O3/c1-15(2)37-26-25(35-27(37)19-14-33-24(36(5)6)12-23(19)41-7)28(39)38(22-11-18(31)13-32-17(22)4)30(26)20-9-8-16(3)10-21(20)34-29(30)40/h8-15H,1-7H3,(H,34,40). The van der Waals surface area contributed by atoms with Crippen LogP contribution in [0, 0.1) is 13.8 Å². The lowest BCUT2D eigenvalue weighted by molar-refractivity contribution is -0.119. The summed E-state index contributed by atoms with van der Waals surface area (Å²) < 4.78 is 7.71. The number of hydrogen-bond donors (Lipinski definition) is 1. The first-order valence-corrected chi connectivity index (χ1v) is 13.6. The highest BCUT2D eigenvalue weighted by Gasteiger charge is 2.64. The zero-order valence-corrected chi connectivity index (χ0v) is 24.7. The fourth-order valence-electron chi connectivity index (χ4n) is 5.87. The van der Waals surface area contributed by atoms with Gasteiger partial charge >= 0.3 is 0 Å². The van der Waals surface area contributed by atoms with Crippen LogP contribution >= 0.6 is 11.6 Å². The molecule has 0 aliphatic carbocycles. The quantitative estimate of drug-likeness (QED) is 0.354. The van der Waals surface area contributed by atoms with Gasteiger partial charge in [0, 0.05) is 49.8 Å². The van der Waals surface area contributed by atoms with Gasteiger partial charge in [0.25, 0.3) is 11.8 Å². The number of benzene rings is 1. The number of pyridine rings is 2. The summed E-state index contributed by atoms with van der Waals surface area (Å²) in [4.78, 5) is 46.2. The normalized spacial score (nSPS) is 17.3. The number of carbonyl (C=O) groups excluding carboxylic acids is 2. The van der Waals surface area contributed by atoms with Gasteiger partial charge in [0.05, 0.1) is 34.8 Å². The van der Waals surface area contributed by atoms with Crippen molar-refractivity contribution in [3.63, 3.8) is 0 Å². The summed E-state index contributed by atoms with van der Waals surface area (Å²) >= 11 is 6.39. The van der Waals surface area contributed by atoms with Crippen molar-refractivity contribution in [3.05, 3.63) is 76.0 Å². The molecule has 0 radical (unpaired) electrons. The summed E-state index contributed by atoms with van der Waals surface area (Å²) in [5, 5.41) is 3.41. The predicted octanol–water partition coefficient (Wildman–Crippen LogP) is 5.12. The van der Waals surface area contributed by atoms with Gasteiger partial charge in [0.15, 0.2) is 11.2 Å². The van der Waals surface area contributed by atoms with Gasteiger partial charge < -0.3 is 19.5 Å². The number of rotatable bonds is 5. The smallest absolute Gasteiger partial charge is 0.280 e. The van der Waals surface area contributed by atoms with E-state index in [1.807, 2.05) is 68.6 Å². The molecule has 2 aliphatic rings. The number of aromatic nitrogens is 4. The van der Waals surface area contributed by atoms with Gasteiger partial charge in [-0.1, -0.05) is 23.7 Å². The maximum atomic E-state index is 14.5. The molecule has 2 amide bonds. The van der Waals surface area contributed by atoms with Crippen molar-refractivity contribution in [3.8, 4) is 17.1 Å². The fraction of sp³-hybridized carbons (Fsp3) is 0.300. The van der Waals surface area contributed by atoms with Crippen LogP contribution in [-0.4, -0.2) is 52.5 Å². The second kappa shape index (κ2) is 9.31. The molecule has 1 spiro atoms. The van der Waals surface area contributed by atoms with Crippen LogP contribution in [0.25, 0.3) is 11.4 Å². The lowest BCUT2D eigenvalue weighted by atomic mass is 9.86. The van der Waals surface area contributed by atoms with Gasteiger partial charge in [0.1, 0.15) is 17.4 Å². The molecule has 1 unspecified atom stereocenters. The van der Waals surface area contributed by atoms with Gasteiger partial charge in [-0.15, -0.1) is 0 Å². The summed E-state index contributed by atoms with van der Waals surface area (Å²) in [6, 6.07) is 9.05. The number of halogens is 1. The fourth-order valence-corrected chi connectivity index (χ4v) is 6.03. The second-order valence-corrected chi connectivity index (χ2v) is 11.3. The van der Waals surface area contributed by atoms with E-state index in [1.54, 1.807) is 26.3 Å². The summed E-state index contributed by atoms with van der Waals surface area (Å²) in [6.45, 7) is 7.74. The van der Waals surface area contributed by atoms with Crippen molar-refractivity contribution >= 4 is 40.6 Å². The Morgan fingerprint density at radius 1 is 1.07 bits per heavy atom. The van der Waals surface area contributed by atoms with Gasteiger partial charge in [0.2, 0.25) is 0 Å². The van der Waals surface area contributed by atoms with E-state index < -0.39 is 11.4 Å². The number of nitrogens with zero attached hydrogens (tertiary/aromatic N) is 6. The number of nitrogens with one attached hydrogen (secondary N) is 1. The van der Waals surface area contributed by atoms with E-state index in [0.29, 0.717) is 56.3 Å². The van der Waals surface area contributed by atoms with Crippen LogP contribution in [0.4, 0.5) is 17.2 Å². The molecule has 10 nitrogen and oxygen atoms in total. The minimum absolute atomic E-state index is 0.176. The Balaban J connectivity index is 1.72. The molecular weight excluding hydrogens is 542 g/mol. The number of hydrogen-bond acceptors (Lipinski definition) is 7. The first-order chi connectivity index (χ1) is 19.5. The Kier molecular flexibility index (Phi) is 6.07. The van der Waals surface area contributed by atoms with Crippen LogP contribution in [0.1, 0.15) is 52.9 Å². The maximum Gasteiger partial charge on any atom is 0.280 e. The van der Waals surface area contributed by atoms with Gasteiger partial charge in [-0.2, -0.15) is 0 Å². The Hall–Kier alpha value is -4.44. The average molecular weight is 572 g/mol. The first-order valence-electron chi connectivity index (χ1n) is 13.2. The minimum atomic E-state index is -1.55. The molecule has 210 valence electrons. The third-order valence-electron chi connectivity index (χ3n) is 7.69. The van der Waals surface area contributed by atoms with Crippen molar-refractivity contribution < 1.29 is 14.3 Å². The SMILES string of the molecule is COc1cc(N(C)C)ncc1-c1nc2c(n1C(C)C)C1(C(=O)Nc3cc(C)ccc31)N(c1cc(Cl)cnc1C)C2=O. The minimum Gasteiger partial charge on any atom is -0.496 e. The predicted molar refractivity (Wildman–Crippen MR) is 158 cm³/mol. The topological polar surface area (TPSA) is 105 Å². The number of aryl methyl sites for hydroxylation is 2. The van der Waals surface area contributed by atoms with Crippen LogP contribution in [0.3, 0.4) is 0 Å². The van der Waals surface area contributed by atoms with Gasteiger partial charge in [-0.25, -0.2) is 9.97 Å². The zero-order chi connectivity index (χ0) is 29.4. The molecule has 1 aromatic carbocycles. The van der Waals surface area contributed by atoms with E-state index in [2.05, 4.69) is 15.3 Å². The number of fused-ring (bicyclic) bond motifs is 4. The van der Waals surface area contributed by atoms with Crippen LogP contribution < -0.4 is 19.9 Å². The molecule has 41 heavy (non-hydrogen) atoms. The number of carbonyl (C=O) groups is 2. The number of imidazole rings is 1. The van der Waals surface area contributed by atoms with Crippen LogP contribution in [0.15, 0.2) is 42.7 Å². The third kappa shape index (κ3) is 3.66. The maximum absolute atomic E-state index is 14.5. The Morgan fingerprint density at radius 2 is 1.83 bits per heavy atom. The molecule has 3 aromatic heterocycles. The van der Waals surface area contributed by atoms with E-state index in [1.165, 1.54) is 11.1 Å². The van der Waals surface area contributed by atoms with Crippen LogP contribution in [0.2, 0.25) is 5.02 Å². The van der Waals surface area contributed by atoms with Crippen LogP contribution in [-0.2, 0) is 10.3 Å². The van der Waals surface area contributed by atoms with Crippen LogP contribution in [0.5, 0.6) is 5.75 Å². The van der Waals surface area contributed by atoms with E-state index in [4.69, 9.17) is 21.3 Å². The molecule has 4 aromatic rings. The van der Waals surface area contributed by atoms with Crippen molar-refractivity contribution in [1.29, 1.82) is 0 Å². The molecule has 1 N–H and O–H groups in total. The molecular formula is C30H30ClN7O3. The molecule has 6 rings (SSSR count). The van der Waals surface area contributed by atoms with Gasteiger partial charge in [-0.3, -0.25) is 19.5 Å².